The zero-order chi connectivity index (χ0) is 17.1. The van der Waals surface area contributed by atoms with Gasteiger partial charge in [-0.1, -0.05) is 0 Å². The molecule has 24 heavy (non-hydrogen) atoms. The molecule has 122 valence electrons. The van der Waals surface area contributed by atoms with Gasteiger partial charge in [0, 0.05) is 16.6 Å². The number of nitrogens with one attached hydrogen (secondary N) is 1. The number of hydrogen-bond donors (Lipinski definition) is 1. The van der Waals surface area contributed by atoms with Crippen molar-refractivity contribution in [1.82, 2.24) is 20.2 Å². The molecule has 1 N–H and O–H groups in total. The molecule has 0 spiro atoms. The monoisotopic (exact) mass is 407 g/mol. The number of hydrogen-bond acceptors (Lipinski definition) is 5. The molecule has 1 aromatic carbocycles. The van der Waals surface area contributed by atoms with Gasteiger partial charge >= 0.3 is 0 Å². The van der Waals surface area contributed by atoms with Crippen molar-refractivity contribution in [3.63, 3.8) is 0 Å². The van der Waals surface area contributed by atoms with E-state index in [1.807, 2.05) is 12.1 Å². The van der Waals surface area contributed by atoms with Crippen molar-refractivity contribution in [3.8, 4) is 5.69 Å². The SMILES string of the molecule is Cc1nnnn1-c1cc(NC(=O)/C=C/c2ccc(Br)s2)ccc1F. The first-order valence-corrected chi connectivity index (χ1v) is 8.43. The third-order valence-electron chi connectivity index (χ3n) is 3.06. The minimum Gasteiger partial charge on any atom is -0.322 e. The molecule has 0 bridgehead atoms. The van der Waals surface area contributed by atoms with Crippen molar-refractivity contribution in [3.05, 3.63) is 56.7 Å². The quantitative estimate of drug-likeness (QED) is 0.670. The molecule has 9 heteroatoms. The van der Waals surface area contributed by atoms with Crippen molar-refractivity contribution < 1.29 is 9.18 Å². The average Bonchev–Trinajstić information content (AvgIpc) is 3.16. The van der Waals surface area contributed by atoms with E-state index in [1.54, 1.807) is 13.0 Å². The molecule has 6 nitrogen and oxygen atoms in total. The normalized spacial score (nSPS) is 11.1. The van der Waals surface area contributed by atoms with Crippen molar-refractivity contribution in [1.29, 1.82) is 0 Å². The summed E-state index contributed by atoms with van der Waals surface area (Å²) in [5.74, 6) is -0.353. The molecule has 0 atom stereocenters. The molecule has 0 fully saturated rings. The second-order valence-electron chi connectivity index (χ2n) is 4.77. The van der Waals surface area contributed by atoms with Gasteiger partial charge in [-0.2, -0.15) is 4.68 Å². The van der Waals surface area contributed by atoms with E-state index in [-0.39, 0.29) is 11.6 Å². The highest BCUT2D eigenvalue weighted by Crippen LogP contribution is 2.23. The second-order valence-corrected chi connectivity index (χ2v) is 7.26. The molecule has 0 aliphatic rings. The maximum Gasteiger partial charge on any atom is 0.248 e. The number of anilines is 1. The molecule has 3 aromatic rings. The van der Waals surface area contributed by atoms with Crippen LogP contribution in [0.3, 0.4) is 0 Å². The number of carbonyl (C=O) groups is 1. The smallest absolute Gasteiger partial charge is 0.248 e. The maximum atomic E-state index is 14.0. The Labute approximate surface area is 149 Å². The summed E-state index contributed by atoms with van der Waals surface area (Å²) < 4.78 is 16.2. The van der Waals surface area contributed by atoms with Crippen LogP contribution in [0.25, 0.3) is 11.8 Å². The molecule has 1 amide bonds. The van der Waals surface area contributed by atoms with Crippen molar-refractivity contribution in [2.75, 3.05) is 5.32 Å². The van der Waals surface area contributed by atoms with Gasteiger partial charge < -0.3 is 5.32 Å². The van der Waals surface area contributed by atoms with Crippen LogP contribution in [0.2, 0.25) is 0 Å². The van der Waals surface area contributed by atoms with Gasteiger partial charge in [-0.25, -0.2) is 4.39 Å². The van der Waals surface area contributed by atoms with E-state index >= 15 is 0 Å². The summed E-state index contributed by atoms with van der Waals surface area (Å²) in [6.07, 6.45) is 3.13. The first kappa shape index (κ1) is 16.5. The fourth-order valence-corrected chi connectivity index (χ4v) is 3.29. The number of halogens is 2. The Kier molecular flexibility index (Phi) is 4.81. The van der Waals surface area contributed by atoms with E-state index in [1.165, 1.54) is 40.3 Å². The number of rotatable bonds is 4. The van der Waals surface area contributed by atoms with Crippen LogP contribution in [-0.2, 0) is 4.79 Å². The lowest BCUT2D eigenvalue weighted by Crippen LogP contribution is -2.09. The zero-order valence-corrected chi connectivity index (χ0v) is 14.8. The van der Waals surface area contributed by atoms with Gasteiger partial charge in [-0.05, 0) is 69.7 Å². The van der Waals surface area contributed by atoms with Gasteiger partial charge in [0.2, 0.25) is 5.91 Å². The van der Waals surface area contributed by atoms with E-state index in [9.17, 15) is 9.18 Å². The van der Waals surface area contributed by atoms with Crippen LogP contribution < -0.4 is 5.32 Å². The number of nitrogens with zero attached hydrogens (tertiary/aromatic N) is 4. The fourth-order valence-electron chi connectivity index (χ4n) is 1.97. The van der Waals surface area contributed by atoms with E-state index in [0.29, 0.717) is 11.5 Å². The molecular formula is C15H11BrFN5OS. The van der Waals surface area contributed by atoms with Crippen molar-refractivity contribution in [2.24, 2.45) is 0 Å². The first-order chi connectivity index (χ1) is 11.5. The van der Waals surface area contributed by atoms with Gasteiger partial charge in [0.15, 0.2) is 5.82 Å². The van der Waals surface area contributed by atoms with Crippen molar-refractivity contribution in [2.45, 2.75) is 6.92 Å². The first-order valence-electron chi connectivity index (χ1n) is 6.82. The van der Waals surface area contributed by atoms with E-state index in [4.69, 9.17) is 0 Å². The third-order valence-corrected chi connectivity index (χ3v) is 4.65. The Hall–Kier alpha value is -2.39. The van der Waals surface area contributed by atoms with Gasteiger partial charge in [0.25, 0.3) is 0 Å². The number of thiophene rings is 1. The fraction of sp³-hybridized carbons (Fsp3) is 0.0667. The Balaban J connectivity index is 1.77. The molecule has 0 radical (unpaired) electrons. The second kappa shape index (κ2) is 7.02. The minimum absolute atomic E-state index is 0.168. The topological polar surface area (TPSA) is 72.7 Å². The highest BCUT2D eigenvalue weighted by molar-refractivity contribution is 9.11. The Morgan fingerprint density at radius 3 is 2.88 bits per heavy atom. The third kappa shape index (κ3) is 3.74. The van der Waals surface area contributed by atoms with Gasteiger partial charge in [-0.15, -0.1) is 16.4 Å². The number of benzene rings is 1. The van der Waals surface area contributed by atoms with Gasteiger partial charge in [0.05, 0.1) is 3.79 Å². The van der Waals surface area contributed by atoms with Gasteiger partial charge in [0.1, 0.15) is 11.5 Å². The summed E-state index contributed by atoms with van der Waals surface area (Å²) in [7, 11) is 0. The average molecular weight is 408 g/mol. The van der Waals surface area contributed by atoms with E-state index < -0.39 is 5.82 Å². The van der Waals surface area contributed by atoms with Crippen LogP contribution in [0.5, 0.6) is 0 Å². The number of carbonyl (C=O) groups excluding carboxylic acids is 1. The van der Waals surface area contributed by atoms with Crippen LogP contribution in [0.1, 0.15) is 10.7 Å². The zero-order valence-electron chi connectivity index (χ0n) is 12.4. The molecule has 0 unspecified atom stereocenters. The molecular weight excluding hydrogens is 397 g/mol. The van der Waals surface area contributed by atoms with Crippen LogP contribution in [0.15, 0.2) is 40.2 Å². The predicted octanol–water partition coefficient (Wildman–Crippen LogP) is 3.59. The van der Waals surface area contributed by atoms with E-state index in [0.717, 1.165) is 8.66 Å². The maximum absolute atomic E-state index is 14.0. The minimum atomic E-state index is -0.484. The lowest BCUT2D eigenvalue weighted by atomic mass is 10.2. The molecule has 0 aliphatic heterocycles. The summed E-state index contributed by atoms with van der Waals surface area (Å²) in [6, 6.07) is 8.02. The van der Waals surface area contributed by atoms with Crippen LogP contribution in [0, 0.1) is 12.7 Å². The highest BCUT2D eigenvalue weighted by atomic mass is 79.9. The molecule has 0 aliphatic carbocycles. The Morgan fingerprint density at radius 2 is 2.21 bits per heavy atom. The summed E-state index contributed by atoms with van der Waals surface area (Å²) in [5.41, 5.74) is 0.616. The number of tetrazole rings is 1. The lowest BCUT2D eigenvalue weighted by molar-refractivity contribution is -0.111. The molecule has 2 aromatic heterocycles. The standard InChI is InChI=1S/C15H11BrFN5OS/c1-9-19-20-21-22(9)13-8-10(2-5-12(13)17)18-15(23)7-4-11-3-6-14(16)24-11/h2-8H,1H3,(H,18,23)/b7-4+. The summed E-state index contributed by atoms with van der Waals surface area (Å²) in [4.78, 5) is 12.9. The summed E-state index contributed by atoms with van der Waals surface area (Å²) in [6.45, 7) is 1.66. The molecule has 0 saturated carbocycles. The van der Waals surface area contributed by atoms with Crippen LogP contribution in [-0.4, -0.2) is 26.1 Å². The Bertz CT molecular complexity index is 920. The number of amides is 1. The molecule has 3 rings (SSSR count). The van der Waals surface area contributed by atoms with Crippen LogP contribution in [0.4, 0.5) is 10.1 Å². The highest BCUT2D eigenvalue weighted by Gasteiger charge is 2.11. The molecule has 0 saturated heterocycles. The van der Waals surface area contributed by atoms with E-state index in [2.05, 4.69) is 36.8 Å². The lowest BCUT2D eigenvalue weighted by Gasteiger charge is -2.07. The summed E-state index contributed by atoms with van der Waals surface area (Å²) in [5, 5.41) is 13.6. The number of aryl methyl sites for hydroxylation is 1. The van der Waals surface area contributed by atoms with Crippen molar-refractivity contribution >= 4 is 44.9 Å². The van der Waals surface area contributed by atoms with Crippen LogP contribution >= 0.6 is 27.3 Å². The van der Waals surface area contributed by atoms with Gasteiger partial charge in [-0.3, -0.25) is 4.79 Å². The summed E-state index contributed by atoms with van der Waals surface area (Å²) >= 11 is 4.88. The molecule has 2 heterocycles. The Morgan fingerprint density at radius 1 is 1.38 bits per heavy atom. The number of aromatic nitrogens is 4. The predicted molar refractivity (Wildman–Crippen MR) is 93.5 cm³/mol. The largest absolute Gasteiger partial charge is 0.322 e.